The van der Waals surface area contributed by atoms with Crippen LogP contribution in [0.3, 0.4) is 0 Å². The Morgan fingerprint density at radius 1 is 0.962 bits per heavy atom. The molecular formula is C19H15ClFNO3S. The molecular weight excluding hydrogens is 377 g/mol. The average Bonchev–Trinajstić information content (AvgIpc) is 2.61. The minimum absolute atomic E-state index is 0.180. The van der Waals surface area contributed by atoms with Gasteiger partial charge in [-0.25, -0.2) is 12.8 Å². The zero-order valence-electron chi connectivity index (χ0n) is 13.5. The quantitative estimate of drug-likeness (QED) is 0.652. The molecule has 0 aliphatic rings. The van der Waals surface area contributed by atoms with E-state index in [1.54, 1.807) is 24.3 Å². The molecule has 0 aliphatic carbocycles. The van der Waals surface area contributed by atoms with Crippen LogP contribution in [0.2, 0.25) is 5.02 Å². The first-order valence-electron chi connectivity index (χ1n) is 7.69. The summed E-state index contributed by atoms with van der Waals surface area (Å²) >= 11 is 5.83. The summed E-state index contributed by atoms with van der Waals surface area (Å²) in [6.45, 7) is 0.414. The molecule has 7 heteroatoms. The van der Waals surface area contributed by atoms with Crippen LogP contribution in [0.15, 0.2) is 77.7 Å². The number of hydrogen-bond donors (Lipinski definition) is 1. The van der Waals surface area contributed by atoms with Crippen LogP contribution >= 0.6 is 11.6 Å². The fraction of sp³-hybridized carbons (Fsp3) is 0.0526. The van der Waals surface area contributed by atoms with Gasteiger partial charge in [-0.1, -0.05) is 41.9 Å². The molecule has 1 N–H and O–H groups in total. The topological polar surface area (TPSA) is 55.4 Å². The van der Waals surface area contributed by atoms with Gasteiger partial charge in [0.1, 0.15) is 23.1 Å². The van der Waals surface area contributed by atoms with E-state index in [0.717, 1.165) is 23.8 Å². The molecule has 0 saturated carbocycles. The minimum atomic E-state index is -3.92. The third-order valence-corrected chi connectivity index (χ3v) is 5.40. The first-order chi connectivity index (χ1) is 12.4. The highest BCUT2D eigenvalue weighted by Gasteiger charge is 2.18. The van der Waals surface area contributed by atoms with Gasteiger partial charge >= 0.3 is 0 Å². The molecule has 0 fully saturated rings. The maximum atomic E-state index is 13.1. The fourth-order valence-electron chi connectivity index (χ4n) is 2.26. The molecule has 3 aromatic rings. The number of hydrogen-bond acceptors (Lipinski definition) is 3. The second kappa shape index (κ2) is 7.76. The Kier molecular flexibility index (Phi) is 5.44. The molecule has 26 heavy (non-hydrogen) atoms. The van der Waals surface area contributed by atoms with Gasteiger partial charge in [-0.05, 0) is 48.0 Å². The SMILES string of the molecule is O=S(=O)(Nc1ccc(OCc2ccccc2)cc1)c1ccc(F)cc1Cl. The Bertz CT molecular complexity index is 993. The lowest BCUT2D eigenvalue weighted by Gasteiger charge is -2.11. The lowest BCUT2D eigenvalue weighted by atomic mass is 10.2. The van der Waals surface area contributed by atoms with Crippen LogP contribution in [0, 0.1) is 5.82 Å². The Morgan fingerprint density at radius 3 is 2.31 bits per heavy atom. The van der Waals surface area contributed by atoms with Crippen LogP contribution in [-0.2, 0) is 16.6 Å². The van der Waals surface area contributed by atoms with Crippen LogP contribution < -0.4 is 9.46 Å². The number of anilines is 1. The van der Waals surface area contributed by atoms with E-state index in [0.29, 0.717) is 18.0 Å². The number of benzene rings is 3. The van der Waals surface area contributed by atoms with Gasteiger partial charge in [0, 0.05) is 5.69 Å². The van der Waals surface area contributed by atoms with Gasteiger partial charge in [-0.2, -0.15) is 0 Å². The van der Waals surface area contributed by atoms with Gasteiger partial charge in [-0.15, -0.1) is 0 Å². The molecule has 0 heterocycles. The molecule has 3 rings (SSSR count). The van der Waals surface area contributed by atoms with Gasteiger partial charge in [0.15, 0.2) is 0 Å². The van der Waals surface area contributed by atoms with Crippen molar-refractivity contribution in [2.24, 2.45) is 0 Å². The van der Waals surface area contributed by atoms with Crippen molar-refractivity contribution in [1.29, 1.82) is 0 Å². The summed E-state index contributed by atoms with van der Waals surface area (Å²) in [5.74, 6) is 0.00508. The van der Waals surface area contributed by atoms with Crippen molar-refractivity contribution in [3.05, 3.63) is 89.2 Å². The summed E-state index contributed by atoms with van der Waals surface area (Å²) in [6.07, 6.45) is 0. The van der Waals surface area contributed by atoms with Crippen LogP contribution in [0.1, 0.15) is 5.56 Å². The van der Waals surface area contributed by atoms with Crippen LogP contribution in [0.5, 0.6) is 5.75 Å². The van der Waals surface area contributed by atoms with E-state index in [-0.39, 0.29) is 9.92 Å². The summed E-state index contributed by atoms with van der Waals surface area (Å²) < 4.78 is 45.9. The van der Waals surface area contributed by atoms with Crippen molar-refractivity contribution < 1.29 is 17.5 Å². The second-order valence-corrected chi connectivity index (χ2v) is 7.54. The average molecular weight is 392 g/mol. The zero-order valence-corrected chi connectivity index (χ0v) is 15.1. The van der Waals surface area contributed by atoms with Gasteiger partial charge in [-0.3, -0.25) is 4.72 Å². The van der Waals surface area contributed by atoms with E-state index in [4.69, 9.17) is 16.3 Å². The van der Waals surface area contributed by atoms with Crippen molar-refractivity contribution >= 4 is 27.3 Å². The largest absolute Gasteiger partial charge is 0.489 e. The van der Waals surface area contributed by atoms with Crippen LogP contribution in [0.4, 0.5) is 10.1 Å². The number of nitrogens with one attached hydrogen (secondary N) is 1. The predicted molar refractivity (Wildman–Crippen MR) is 99.4 cm³/mol. The monoisotopic (exact) mass is 391 g/mol. The van der Waals surface area contributed by atoms with Crippen molar-refractivity contribution in [3.63, 3.8) is 0 Å². The normalized spacial score (nSPS) is 11.2. The number of rotatable bonds is 6. The summed E-state index contributed by atoms with van der Waals surface area (Å²) in [6, 6.07) is 19.3. The lowest BCUT2D eigenvalue weighted by Crippen LogP contribution is -2.13. The summed E-state index contributed by atoms with van der Waals surface area (Å²) in [4.78, 5) is -0.190. The fourth-order valence-corrected chi connectivity index (χ4v) is 3.85. The minimum Gasteiger partial charge on any atom is -0.489 e. The molecule has 134 valence electrons. The van der Waals surface area contributed by atoms with Gasteiger partial charge in [0.25, 0.3) is 10.0 Å². The molecule has 0 aromatic heterocycles. The molecule has 0 spiro atoms. The molecule has 0 unspecified atom stereocenters. The summed E-state index contributed by atoms with van der Waals surface area (Å²) in [5.41, 5.74) is 1.38. The molecule has 4 nitrogen and oxygen atoms in total. The van der Waals surface area contributed by atoms with Crippen molar-refractivity contribution in [2.45, 2.75) is 11.5 Å². The third-order valence-electron chi connectivity index (χ3n) is 3.54. The third kappa shape index (κ3) is 4.53. The van der Waals surface area contributed by atoms with Gasteiger partial charge in [0.2, 0.25) is 0 Å². The Labute approximate surface area is 156 Å². The molecule has 0 bridgehead atoms. The number of ether oxygens (including phenoxy) is 1. The molecule has 0 radical (unpaired) electrons. The van der Waals surface area contributed by atoms with E-state index >= 15 is 0 Å². The highest BCUT2D eigenvalue weighted by Crippen LogP contribution is 2.25. The number of halogens is 2. The summed E-state index contributed by atoms with van der Waals surface area (Å²) in [7, 11) is -3.92. The molecule has 0 amide bonds. The molecule has 0 atom stereocenters. The maximum absolute atomic E-state index is 13.1. The first kappa shape index (κ1) is 18.2. The second-order valence-electron chi connectivity index (χ2n) is 5.48. The van der Waals surface area contributed by atoms with Crippen molar-refractivity contribution in [1.82, 2.24) is 0 Å². The maximum Gasteiger partial charge on any atom is 0.263 e. The molecule has 0 aliphatic heterocycles. The smallest absolute Gasteiger partial charge is 0.263 e. The number of sulfonamides is 1. The van der Waals surface area contributed by atoms with Crippen LogP contribution in [-0.4, -0.2) is 8.42 Å². The van der Waals surface area contributed by atoms with E-state index < -0.39 is 15.8 Å². The predicted octanol–water partition coefficient (Wildman–Crippen LogP) is 4.86. The standard InChI is InChI=1S/C19H15ClFNO3S/c20-18-12-15(21)6-11-19(18)26(23,24)22-16-7-9-17(10-8-16)25-13-14-4-2-1-3-5-14/h1-12,22H,13H2. The van der Waals surface area contributed by atoms with Crippen molar-refractivity contribution in [3.8, 4) is 5.75 Å². The Balaban J connectivity index is 1.68. The highest BCUT2D eigenvalue weighted by atomic mass is 35.5. The van der Waals surface area contributed by atoms with E-state index in [2.05, 4.69) is 4.72 Å². The highest BCUT2D eigenvalue weighted by molar-refractivity contribution is 7.92. The summed E-state index contributed by atoms with van der Waals surface area (Å²) in [5, 5.41) is -0.180. The molecule has 3 aromatic carbocycles. The van der Waals surface area contributed by atoms with Crippen molar-refractivity contribution in [2.75, 3.05) is 4.72 Å². The first-order valence-corrected chi connectivity index (χ1v) is 9.55. The Morgan fingerprint density at radius 2 is 1.65 bits per heavy atom. The molecule has 0 saturated heterocycles. The van der Waals surface area contributed by atoms with E-state index in [1.165, 1.54) is 0 Å². The zero-order chi connectivity index (χ0) is 18.6. The Hall–Kier alpha value is -2.57. The van der Waals surface area contributed by atoms with Gasteiger partial charge in [0.05, 0.1) is 5.02 Å². The van der Waals surface area contributed by atoms with Gasteiger partial charge < -0.3 is 4.74 Å². The van der Waals surface area contributed by atoms with E-state index in [9.17, 15) is 12.8 Å². The van der Waals surface area contributed by atoms with Crippen LogP contribution in [0.25, 0.3) is 0 Å². The lowest BCUT2D eigenvalue weighted by molar-refractivity contribution is 0.306. The van der Waals surface area contributed by atoms with E-state index in [1.807, 2.05) is 30.3 Å².